The van der Waals surface area contributed by atoms with E-state index in [9.17, 15) is 9.59 Å². The van der Waals surface area contributed by atoms with Gasteiger partial charge in [0.25, 0.3) is 5.91 Å². The first kappa shape index (κ1) is 20.9. The van der Waals surface area contributed by atoms with Crippen LogP contribution in [0.1, 0.15) is 21.6 Å². The lowest BCUT2D eigenvalue weighted by Gasteiger charge is -2.06. The fourth-order valence-electron chi connectivity index (χ4n) is 3.02. The second-order valence-corrected chi connectivity index (χ2v) is 7.48. The Morgan fingerprint density at radius 3 is 2.81 bits per heavy atom. The zero-order valence-electron chi connectivity index (χ0n) is 16.3. The highest BCUT2D eigenvalue weighted by Crippen LogP contribution is 2.24. The molecule has 0 radical (unpaired) electrons. The maximum atomic E-state index is 12.5. The van der Waals surface area contributed by atoms with Gasteiger partial charge in [-0.25, -0.2) is 9.48 Å². The first-order chi connectivity index (χ1) is 14.9. The predicted molar refractivity (Wildman–Crippen MR) is 116 cm³/mol. The number of rotatable bonds is 6. The summed E-state index contributed by atoms with van der Waals surface area (Å²) >= 11 is 12.0. The Balaban J connectivity index is 1.45. The van der Waals surface area contributed by atoms with Gasteiger partial charge in [0, 0.05) is 5.39 Å². The van der Waals surface area contributed by atoms with Crippen molar-refractivity contribution >= 4 is 40.1 Å². The second kappa shape index (κ2) is 8.79. The minimum atomic E-state index is -0.752. The number of hydrogen-bond donors (Lipinski definition) is 1. The number of methoxy groups -OCH3 is 1. The number of nitrogens with one attached hydrogen (secondary N) is 1. The molecule has 8 nitrogen and oxygen atoms in total. The van der Waals surface area contributed by atoms with Gasteiger partial charge < -0.3 is 14.5 Å². The number of nitrogens with zero attached hydrogens (tertiary/aromatic N) is 3. The molecule has 2 aromatic heterocycles. The summed E-state index contributed by atoms with van der Waals surface area (Å²) in [6, 6.07) is 11.9. The largest absolute Gasteiger partial charge is 0.493 e. The molecule has 0 atom stereocenters. The summed E-state index contributed by atoms with van der Waals surface area (Å²) in [6.45, 7) is 0.531. The fraction of sp³-hybridized carbons (Fsp3) is 0.143. The highest BCUT2D eigenvalue weighted by Gasteiger charge is 2.16. The number of carbonyl (C=O) groups excluding carboxylic acids is 1. The molecule has 0 fully saturated rings. The van der Waals surface area contributed by atoms with Gasteiger partial charge in [0.15, 0.2) is 11.3 Å². The van der Waals surface area contributed by atoms with Crippen molar-refractivity contribution in [3.8, 4) is 5.75 Å². The molecule has 0 aliphatic carbocycles. The van der Waals surface area contributed by atoms with Crippen molar-refractivity contribution in [3.05, 3.63) is 85.9 Å². The van der Waals surface area contributed by atoms with Crippen LogP contribution in [0, 0.1) is 0 Å². The quantitative estimate of drug-likeness (QED) is 0.442. The van der Waals surface area contributed by atoms with Crippen molar-refractivity contribution in [2.45, 2.75) is 13.1 Å². The van der Waals surface area contributed by atoms with Crippen molar-refractivity contribution in [2.24, 2.45) is 0 Å². The highest BCUT2D eigenvalue weighted by atomic mass is 35.5. The van der Waals surface area contributed by atoms with Crippen LogP contribution in [0.4, 0.5) is 0 Å². The van der Waals surface area contributed by atoms with E-state index in [0.29, 0.717) is 33.4 Å². The summed E-state index contributed by atoms with van der Waals surface area (Å²) in [5.74, 6) is -0.155. The molecule has 1 N–H and O–H groups in total. The number of para-hydroxylation sites is 1. The zero-order valence-corrected chi connectivity index (χ0v) is 17.8. The molecule has 0 spiro atoms. The van der Waals surface area contributed by atoms with Gasteiger partial charge in [0.1, 0.15) is 11.3 Å². The topological polar surface area (TPSA) is 99.2 Å². The maximum Gasteiger partial charge on any atom is 0.349 e. The molecule has 0 unspecified atom stereocenters. The van der Waals surface area contributed by atoms with Gasteiger partial charge in [-0.1, -0.05) is 46.6 Å². The summed E-state index contributed by atoms with van der Waals surface area (Å²) in [4.78, 5) is 24.8. The third kappa shape index (κ3) is 4.55. The smallest absolute Gasteiger partial charge is 0.349 e. The molecular formula is C21H16Cl2N4O4. The Labute approximate surface area is 186 Å². The van der Waals surface area contributed by atoms with Gasteiger partial charge in [0.2, 0.25) is 0 Å². The van der Waals surface area contributed by atoms with E-state index in [-0.39, 0.29) is 17.7 Å². The maximum absolute atomic E-state index is 12.5. The molecule has 4 rings (SSSR count). The second-order valence-electron chi connectivity index (χ2n) is 6.66. The van der Waals surface area contributed by atoms with Crippen LogP contribution < -0.4 is 15.7 Å². The van der Waals surface area contributed by atoms with E-state index in [0.717, 1.165) is 5.56 Å². The van der Waals surface area contributed by atoms with Crippen LogP contribution in [0.5, 0.6) is 5.75 Å². The van der Waals surface area contributed by atoms with E-state index >= 15 is 0 Å². The van der Waals surface area contributed by atoms with E-state index in [4.69, 9.17) is 32.4 Å². The molecule has 4 aromatic rings. The number of ether oxygens (including phenoxy) is 1. The summed E-state index contributed by atoms with van der Waals surface area (Å²) in [5, 5.41) is 12.2. The first-order valence-electron chi connectivity index (χ1n) is 9.16. The molecule has 0 aliphatic heterocycles. The average molecular weight is 459 g/mol. The summed E-state index contributed by atoms with van der Waals surface area (Å²) in [5.41, 5.74) is 0.859. The Morgan fingerprint density at radius 2 is 2.03 bits per heavy atom. The molecule has 0 saturated carbocycles. The van der Waals surface area contributed by atoms with E-state index in [1.165, 1.54) is 13.2 Å². The summed E-state index contributed by atoms with van der Waals surface area (Å²) in [7, 11) is 1.48. The minimum Gasteiger partial charge on any atom is -0.493 e. The Kier molecular flexibility index (Phi) is 5.92. The lowest BCUT2D eigenvalue weighted by atomic mass is 10.1. The van der Waals surface area contributed by atoms with Crippen LogP contribution in [-0.4, -0.2) is 28.0 Å². The predicted octanol–water partition coefficient (Wildman–Crippen LogP) is 3.68. The van der Waals surface area contributed by atoms with E-state index in [2.05, 4.69) is 15.6 Å². The third-order valence-electron chi connectivity index (χ3n) is 4.53. The van der Waals surface area contributed by atoms with Crippen LogP contribution in [0.15, 0.2) is 57.9 Å². The molecule has 0 saturated heterocycles. The highest BCUT2D eigenvalue weighted by molar-refractivity contribution is 6.42. The number of fused-ring (bicyclic) bond motifs is 1. The van der Waals surface area contributed by atoms with Crippen molar-refractivity contribution in [1.82, 2.24) is 20.3 Å². The minimum absolute atomic E-state index is 0.0931. The molecule has 2 aromatic carbocycles. The van der Waals surface area contributed by atoms with E-state index in [1.807, 2.05) is 6.07 Å². The third-order valence-corrected chi connectivity index (χ3v) is 5.27. The Morgan fingerprint density at radius 1 is 1.19 bits per heavy atom. The molecule has 0 bridgehead atoms. The van der Waals surface area contributed by atoms with Gasteiger partial charge in [-0.05, 0) is 29.8 Å². The number of amides is 1. The summed E-state index contributed by atoms with van der Waals surface area (Å²) in [6.07, 6.45) is 1.69. The lowest BCUT2D eigenvalue weighted by molar-refractivity contribution is 0.0947. The zero-order chi connectivity index (χ0) is 22.0. The molecular weight excluding hydrogens is 443 g/mol. The van der Waals surface area contributed by atoms with Crippen molar-refractivity contribution in [2.75, 3.05) is 7.11 Å². The van der Waals surface area contributed by atoms with Gasteiger partial charge in [-0.3, -0.25) is 4.79 Å². The van der Waals surface area contributed by atoms with Gasteiger partial charge in [-0.2, -0.15) is 0 Å². The summed E-state index contributed by atoms with van der Waals surface area (Å²) < 4.78 is 12.1. The van der Waals surface area contributed by atoms with Crippen LogP contribution in [0.3, 0.4) is 0 Å². The first-order valence-corrected chi connectivity index (χ1v) is 9.92. The SMILES string of the molecule is COc1cccc2cc(C(=O)NCc3cn(Cc4ccc(Cl)c(Cl)c4)nn3)c(=O)oc12. The number of aromatic nitrogens is 3. The van der Waals surface area contributed by atoms with Crippen LogP contribution >= 0.6 is 23.2 Å². The molecule has 1 amide bonds. The molecule has 2 heterocycles. The van der Waals surface area contributed by atoms with E-state index in [1.54, 1.807) is 41.2 Å². The molecule has 10 heteroatoms. The van der Waals surface area contributed by atoms with Crippen molar-refractivity contribution in [3.63, 3.8) is 0 Å². The standard InChI is InChI=1S/C21H16Cl2N4O4/c1-30-18-4-2-3-13-8-15(21(29)31-19(13)18)20(28)24-9-14-11-27(26-25-14)10-12-5-6-16(22)17(23)7-12/h2-8,11H,9-10H2,1H3,(H,24,28). The Hall–Kier alpha value is -3.36. The number of carbonyl (C=O) groups is 1. The molecule has 158 valence electrons. The van der Waals surface area contributed by atoms with Gasteiger partial charge in [0.05, 0.1) is 36.4 Å². The van der Waals surface area contributed by atoms with Crippen molar-refractivity contribution < 1.29 is 13.9 Å². The number of benzene rings is 2. The van der Waals surface area contributed by atoms with Crippen LogP contribution in [-0.2, 0) is 13.1 Å². The molecule has 0 aliphatic rings. The van der Waals surface area contributed by atoms with Crippen LogP contribution in [0.2, 0.25) is 10.0 Å². The fourth-order valence-corrected chi connectivity index (χ4v) is 3.35. The number of hydrogen-bond acceptors (Lipinski definition) is 6. The number of halogens is 2. The van der Waals surface area contributed by atoms with Crippen molar-refractivity contribution in [1.29, 1.82) is 0 Å². The van der Waals surface area contributed by atoms with Crippen LogP contribution in [0.25, 0.3) is 11.0 Å². The lowest BCUT2D eigenvalue weighted by Crippen LogP contribution is -2.28. The average Bonchev–Trinajstić information content (AvgIpc) is 3.21. The molecule has 31 heavy (non-hydrogen) atoms. The van der Waals surface area contributed by atoms with Gasteiger partial charge in [-0.15, -0.1) is 5.10 Å². The monoisotopic (exact) mass is 458 g/mol. The normalized spacial score (nSPS) is 10.9. The van der Waals surface area contributed by atoms with Gasteiger partial charge >= 0.3 is 5.63 Å². The Bertz CT molecular complexity index is 1330. The van der Waals surface area contributed by atoms with E-state index < -0.39 is 11.5 Å².